The zero-order chi connectivity index (χ0) is 18.9. The SMILES string of the molecule is Cn1nc(C2CCOCC2)c(NS(=O)(=O)c2ccc(Cl)cc2)c1C(=O)O. The van der Waals surface area contributed by atoms with E-state index in [1.54, 1.807) is 0 Å². The summed E-state index contributed by atoms with van der Waals surface area (Å²) < 4.78 is 34.4. The molecular formula is C16H18ClN3O5S. The highest BCUT2D eigenvalue weighted by molar-refractivity contribution is 7.92. The molecule has 8 nitrogen and oxygen atoms in total. The van der Waals surface area contributed by atoms with Crippen LogP contribution in [0.25, 0.3) is 0 Å². The molecule has 1 fully saturated rings. The van der Waals surface area contributed by atoms with Gasteiger partial charge in [0.2, 0.25) is 0 Å². The Balaban J connectivity index is 2.04. The second-order valence-corrected chi connectivity index (χ2v) is 8.10. The van der Waals surface area contributed by atoms with Crippen LogP contribution in [0.4, 0.5) is 5.69 Å². The zero-order valence-electron chi connectivity index (χ0n) is 14.0. The quantitative estimate of drug-likeness (QED) is 0.799. The van der Waals surface area contributed by atoms with Crippen LogP contribution in [-0.2, 0) is 21.8 Å². The number of hydrogen-bond donors (Lipinski definition) is 2. The fourth-order valence-electron chi connectivity index (χ4n) is 2.95. The number of aromatic carboxylic acids is 1. The maximum Gasteiger partial charge on any atom is 0.356 e. The van der Waals surface area contributed by atoms with Gasteiger partial charge in [0.05, 0.1) is 10.6 Å². The van der Waals surface area contributed by atoms with Crippen molar-refractivity contribution in [3.05, 3.63) is 40.7 Å². The van der Waals surface area contributed by atoms with Crippen molar-refractivity contribution >= 4 is 33.3 Å². The second-order valence-electron chi connectivity index (χ2n) is 5.98. The lowest BCUT2D eigenvalue weighted by Crippen LogP contribution is -2.19. The van der Waals surface area contributed by atoms with Crippen molar-refractivity contribution < 1.29 is 23.1 Å². The molecule has 0 aliphatic carbocycles. The average Bonchev–Trinajstić information content (AvgIpc) is 2.91. The van der Waals surface area contributed by atoms with E-state index < -0.39 is 16.0 Å². The summed E-state index contributed by atoms with van der Waals surface area (Å²) in [5.74, 6) is -1.34. The predicted octanol–water partition coefficient (Wildman–Crippen LogP) is 2.47. The van der Waals surface area contributed by atoms with Crippen LogP contribution in [0.3, 0.4) is 0 Å². The van der Waals surface area contributed by atoms with Crippen LogP contribution in [-0.4, -0.2) is 42.5 Å². The van der Waals surface area contributed by atoms with E-state index in [1.165, 1.54) is 36.0 Å². The molecule has 0 saturated carbocycles. The molecule has 1 saturated heterocycles. The Morgan fingerprint density at radius 3 is 2.50 bits per heavy atom. The minimum atomic E-state index is -3.99. The number of carboxylic acids is 1. The third-order valence-corrected chi connectivity index (χ3v) is 5.86. The molecule has 0 spiro atoms. The van der Waals surface area contributed by atoms with Gasteiger partial charge < -0.3 is 9.84 Å². The second kappa shape index (κ2) is 7.26. The Labute approximate surface area is 155 Å². The molecule has 10 heteroatoms. The Morgan fingerprint density at radius 1 is 1.31 bits per heavy atom. The summed E-state index contributed by atoms with van der Waals surface area (Å²) in [5.41, 5.74) is 0.219. The average molecular weight is 400 g/mol. The lowest BCUT2D eigenvalue weighted by molar-refractivity contribution is 0.0686. The van der Waals surface area contributed by atoms with E-state index in [1.807, 2.05) is 0 Å². The molecule has 3 rings (SSSR count). The minimum Gasteiger partial charge on any atom is -0.476 e. The Bertz CT molecular complexity index is 918. The smallest absolute Gasteiger partial charge is 0.356 e. The number of nitrogens with zero attached hydrogens (tertiary/aromatic N) is 2. The van der Waals surface area contributed by atoms with E-state index in [4.69, 9.17) is 16.3 Å². The lowest BCUT2D eigenvalue weighted by Gasteiger charge is -2.21. The number of hydrogen-bond acceptors (Lipinski definition) is 5. The highest BCUT2D eigenvalue weighted by atomic mass is 35.5. The predicted molar refractivity (Wildman–Crippen MR) is 95.2 cm³/mol. The molecule has 2 aromatic rings. The first kappa shape index (κ1) is 18.7. The van der Waals surface area contributed by atoms with Gasteiger partial charge in [-0.05, 0) is 37.1 Å². The van der Waals surface area contributed by atoms with Crippen molar-refractivity contribution in [2.75, 3.05) is 17.9 Å². The first-order chi connectivity index (χ1) is 12.3. The molecule has 1 aliphatic rings. The fourth-order valence-corrected chi connectivity index (χ4v) is 4.16. The molecule has 2 N–H and O–H groups in total. The van der Waals surface area contributed by atoms with Crippen molar-refractivity contribution in [1.82, 2.24) is 9.78 Å². The van der Waals surface area contributed by atoms with Gasteiger partial charge in [-0.3, -0.25) is 9.40 Å². The highest BCUT2D eigenvalue weighted by Crippen LogP contribution is 2.35. The number of aromatic nitrogens is 2. The van der Waals surface area contributed by atoms with Crippen molar-refractivity contribution in [1.29, 1.82) is 0 Å². The standard InChI is InChI=1S/C16H18ClN3O5S/c1-20-15(16(21)22)14(13(18-20)10-6-8-25-9-7-10)19-26(23,24)12-4-2-11(17)3-5-12/h2-5,10,19H,6-9H2,1H3,(H,21,22). The van der Waals surface area contributed by atoms with E-state index in [0.29, 0.717) is 36.8 Å². The topological polar surface area (TPSA) is 111 Å². The molecule has 0 atom stereocenters. The summed E-state index contributed by atoms with van der Waals surface area (Å²) in [5, 5.41) is 14.2. The van der Waals surface area contributed by atoms with Crippen molar-refractivity contribution in [2.45, 2.75) is 23.7 Å². The molecule has 140 valence electrons. The highest BCUT2D eigenvalue weighted by Gasteiger charge is 2.31. The summed E-state index contributed by atoms with van der Waals surface area (Å²) in [6.07, 6.45) is 1.29. The molecule has 26 heavy (non-hydrogen) atoms. The number of benzene rings is 1. The van der Waals surface area contributed by atoms with E-state index in [-0.39, 0.29) is 22.2 Å². The molecule has 2 heterocycles. The van der Waals surface area contributed by atoms with E-state index in [0.717, 1.165) is 0 Å². The van der Waals surface area contributed by atoms with E-state index >= 15 is 0 Å². The Hall–Kier alpha value is -2.10. The third-order valence-electron chi connectivity index (χ3n) is 4.25. The molecule has 0 amide bonds. The van der Waals surface area contributed by atoms with E-state index in [9.17, 15) is 18.3 Å². The van der Waals surface area contributed by atoms with Gasteiger partial charge in [0, 0.05) is 31.2 Å². The molecule has 0 radical (unpaired) electrons. The summed E-state index contributed by atoms with van der Waals surface area (Å²) in [7, 11) is -2.51. The maximum absolute atomic E-state index is 12.7. The summed E-state index contributed by atoms with van der Waals surface area (Å²) in [6.45, 7) is 1.04. The molecule has 1 aromatic carbocycles. The van der Waals surface area contributed by atoms with Gasteiger partial charge >= 0.3 is 5.97 Å². The van der Waals surface area contributed by atoms with Gasteiger partial charge in [-0.25, -0.2) is 13.2 Å². The van der Waals surface area contributed by atoms with Crippen molar-refractivity contribution in [3.8, 4) is 0 Å². The number of carboxylic acid groups (broad SMARTS) is 1. The molecule has 0 unspecified atom stereocenters. The van der Waals surface area contributed by atoms with Gasteiger partial charge in [-0.15, -0.1) is 0 Å². The van der Waals surface area contributed by atoms with Crippen LogP contribution < -0.4 is 4.72 Å². The zero-order valence-corrected chi connectivity index (χ0v) is 15.5. The van der Waals surface area contributed by atoms with Crippen LogP contribution in [0.1, 0.15) is 34.9 Å². The molecular weight excluding hydrogens is 382 g/mol. The number of sulfonamides is 1. The van der Waals surface area contributed by atoms with Crippen LogP contribution in [0.5, 0.6) is 0 Å². The number of ether oxygens (including phenoxy) is 1. The van der Waals surface area contributed by atoms with Crippen LogP contribution in [0.15, 0.2) is 29.2 Å². The summed E-state index contributed by atoms with van der Waals surface area (Å²) >= 11 is 5.80. The Morgan fingerprint density at radius 2 is 1.92 bits per heavy atom. The van der Waals surface area contributed by atoms with Gasteiger partial charge in [0.1, 0.15) is 5.69 Å². The summed E-state index contributed by atoms with van der Waals surface area (Å²) in [6, 6.07) is 5.62. The first-order valence-corrected chi connectivity index (χ1v) is 9.82. The number of anilines is 1. The molecule has 1 aliphatic heterocycles. The number of halogens is 1. The summed E-state index contributed by atoms with van der Waals surface area (Å²) in [4.78, 5) is 11.7. The monoisotopic (exact) mass is 399 g/mol. The van der Waals surface area contributed by atoms with Crippen molar-refractivity contribution in [3.63, 3.8) is 0 Å². The fraction of sp³-hybridized carbons (Fsp3) is 0.375. The molecule has 0 bridgehead atoms. The van der Waals surface area contributed by atoms with Crippen LogP contribution in [0, 0.1) is 0 Å². The van der Waals surface area contributed by atoms with E-state index in [2.05, 4.69) is 9.82 Å². The first-order valence-electron chi connectivity index (χ1n) is 7.96. The van der Waals surface area contributed by atoms with Gasteiger partial charge in [-0.1, -0.05) is 11.6 Å². The maximum atomic E-state index is 12.7. The third kappa shape index (κ3) is 3.69. The normalized spacial score (nSPS) is 15.8. The number of nitrogens with one attached hydrogen (secondary N) is 1. The number of rotatable bonds is 5. The number of carbonyl (C=O) groups is 1. The number of aryl methyl sites for hydroxylation is 1. The Kier molecular flexibility index (Phi) is 5.22. The van der Waals surface area contributed by atoms with Gasteiger partial charge in [-0.2, -0.15) is 5.10 Å². The minimum absolute atomic E-state index is 0.00171. The van der Waals surface area contributed by atoms with Gasteiger partial charge in [0.25, 0.3) is 10.0 Å². The van der Waals surface area contributed by atoms with Crippen LogP contribution >= 0.6 is 11.6 Å². The van der Waals surface area contributed by atoms with Crippen LogP contribution in [0.2, 0.25) is 5.02 Å². The molecule has 1 aromatic heterocycles. The largest absolute Gasteiger partial charge is 0.476 e. The van der Waals surface area contributed by atoms with Gasteiger partial charge in [0.15, 0.2) is 5.69 Å². The van der Waals surface area contributed by atoms with Crippen molar-refractivity contribution in [2.24, 2.45) is 7.05 Å². The lowest BCUT2D eigenvalue weighted by atomic mass is 9.95.